The Morgan fingerprint density at radius 2 is 2.14 bits per heavy atom. The molecule has 1 heterocycles. The lowest BCUT2D eigenvalue weighted by Gasteiger charge is -2.47. The van der Waals surface area contributed by atoms with Crippen LogP contribution in [-0.2, 0) is 5.54 Å². The van der Waals surface area contributed by atoms with Gasteiger partial charge in [-0.2, -0.15) is 0 Å². The average Bonchev–Trinajstić information content (AvgIpc) is 2.07. The van der Waals surface area contributed by atoms with Crippen LogP contribution in [0.5, 0.6) is 0 Å². The minimum atomic E-state index is -0.316. The molecule has 4 heteroatoms. The van der Waals surface area contributed by atoms with Crippen LogP contribution < -0.4 is 5.73 Å². The maximum absolute atomic E-state index is 6.20. The summed E-state index contributed by atoms with van der Waals surface area (Å²) >= 11 is 6.04. The molecule has 72 valence electrons. The van der Waals surface area contributed by atoms with Crippen molar-refractivity contribution in [1.82, 2.24) is 4.81 Å². The maximum Gasteiger partial charge on any atom is 0.182 e. The van der Waals surface area contributed by atoms with E-state index in [4.69, 9.17) is 25.3 Å². The zero-order valence-electron chi connectivity index (χ0n) is 8.13. The third kappa shape index (κ3) is 1.46. The van der Waals surface area contributed by atoms with Gasteiger partial charge in [0.15, 0.2) is 7.98 Å². The second kappa shape index (κ2) is 3.26. The van der Waals surface area contributed by atoms with Crippen LogP contribution in [0.1, 0.15) is 11.1 Å². The molecule has 2 N–H and O–H groups in total. The molecule has 1 aromatic rings. The van der Waals surface area contributed by atoms with Gasteiger partial charge in [-0.25, -0.2) is 0 Å². The van der Waals surface area contributed by atoms with Crippen molar-refractivity contribution in [3.8, 4) is 0 Å². The van der Waals surface area contributed by atoms with Crippen LogP contribution in [0.15, 0.2) is 18.2 Å². The van der Waals surface area contributed by atoms with E-state index in [1.807, 2.05) is 25.1 Å². The van der Waals surface area contributed by atoms with Crippen molar-refractivity contribution in [2.75, 3.05) is 13.1 Å². The smallest absolute Gasteiger partial charge is 0.182 e. The summed E-state index contributed by atoms with van der Waals surface area (Å²) in [5.41, 5.74) is 8.05. The molecule has 14 heavy (non-hydrogen) atoms. The highest BCUT2D eigenvalue weighted by Gasteiger charge is 2.39. The van der Waals surface area contributed by atoms with E-state index in [1.165, 1.54) is 0 Å². The molecule has 0 aliphatic carbocycles. The number of nitrogens with two attached hydrogens (primary N) is 1. The Kier molecular flexibility index (Phi) is 2.34. The van der Waals surface area contributed by atoms with Gasteiger partial charge in [-0.1, -0.05) is 23.7 Å². The molecular weight excluding hydrogens is 194 g/mol. The molecule has 0 unspecified atom stereocenters. The van der Waals surface area contributed by atoms with Crippen molar-refractivity contribution >= 4 is 19.6 Å². The van der Waals surface area contributed by atoms with Gasteiger partial charge < -0.3 is 10.5 Å². The third-order valence-electron chi connectivity index (χ3n) is 2.77. The average molecular weight is 206 g/mol. The monoisotopic (exact) mass is 206 g/mol. The number of benzene rings is 1. The van der Waals surface area contributed by atoms with Crippen molar-refractivity contribution in [2.45, 2.75) is 12.5 Å². The van der Waals surface area contributed by atoms with Gasteiger partial charge in [-0.05, 0) is 24.1 Å². The maximum atomic E-state index is 6.20. The molecule has 0 saturated carbocycles. The predicted molar refractivity (Wildman–Crippen MR) is 59.4 cm³/mol. The number of halogens is 1. The molecule has 2 radical (unpaired) electrons. The first-order valence-electron chi connectivity index (χ1n) is 4.57. The van der Waals surface area contributed by atoms with E-state index in [1.54, 1.807) is 4.81 Å². The summed E-state index contributed by atoms with van der Waals surface area (Å²) in [5, 5.41) is 0.766. The van der Waals surface area contributed by atoms with Crippen LogP contribution >= 0.6 is 11.6 Å². The van der Waals surface area contributed by atoms with Crippen molar-refractivity contribution < 1.29 is 0 Å². The van der Waals surface area contributed by atoms with Crippen molar-refractivity contribution in [2.24, 2.45) is 5.73 Å². The summed E-state index contributed by atoms with van der Waals surface area (Å²) < 4.78 is 0. The SMILES string of the molecule is [B]N1CC(N)(c2cccc(Cl)c2C)C1. The van der Waals surface area contributed by atoms with Crippen molar-refractivity contribution in [3.63, 3.8) is 0 Å². The molecule has 0 spiro atoms. The first-order valence-corrected chi connectivity index (χ1v) is 4.95. The summed E-state index contributed by atoms with van der Waals surface area (Å²) in [5.74, 6) is 0. The first-order chi connectivity index (χ1) is 6.53. The molecule has 1 aliphatic rings. The van der Waals surface area contributed by atoms with E-state index < -0.39 is 0 Å². The fraction of sp³-hybridized carbons (Fsp3) is 0.400. The van der Waals surface area contributed by atoms with Crippen LogP contribution in [0.25, 0.3) is 0 Å². The van der Waals surface area contributed by atoms with Gasteiger partial charge in [-0.15, -0.1) is 0 Å². The third-order valence-corrected chi connectivity index (χ3v) is 3.18. The van der Waals surface area contributed by atoms with Gasteiger partial charge in [0.25, 0.3) is 0 Å². The molecule has 1 aromatic carbocycles. The lowest BCUT2D eigenvalue weighted by atomic mass is 9.79. The van der Waals surface area contributed by atoms with E-state index in [9.17, 15) is 0 Å². The highest BCUT2D eigenvalue weighted by molar-refractivity contribution is 6.31. The normalized spacial score (nSPS) is 20.5. The molecule has 0 aromatic heterocycles. The summed E-state index contributed by atoms with van der Waals surface area (Å²) in [4.78, 5) is 1.71. The molecule has 1 saturated heterocycles. The molecule has 1 aliphatic heterocycles. The zero-order chi connectivity index (χ0) is 10.3. The van der Waals surface area contributed by atoms with Gasteiger partial charge in [0, 0.05) is 18.1 Å². The largest absolute Gasteiger partial charge is 0.350 e. The number of hydrogen-bond acceptors (Lipinski definition) is 2. The van der Waals surface area contributed by atoms with E-state index >= 15 is 0 Å². The van der Waals surface area contributed by atoms with Crippen LogP contribution in [0.2, 0.25) is 5.02 Å². The van der Waals surface area contributed by atoms with Gasteiger partial charge in [0.2, 0.25) is 0 Å². The topological polar surface area (TPSA) is 29.3 Å². The first kappa shape index (κ1) is 10.0. The molecule has 0 bridgehead atoms. The molecule has 2 nitrogen and oxygen atoms in total. The van der Waals surface area contributed by atoms with Crippen LogP contribution in [0.4, 0.5) is 0 Å². The Hall–Kier alpha value is -0.505. The number of rotatable bonds is 1. The second-order valence-corrected chi connectivity index (χ2v) is 4.38. The van der Waals surface area contributed by atoms with Crippen LogP contribution in [-0.4, -0.2) is 25.9 Å². The minimum absolute atomic E-state index is 0.316. The lowest BCUT2D eigenvalue weighted by Crippen LogP contribution is -2.63. The minimum Gasteiger partial charge on any atom is -0.350 e. The highest BCUT2D eigenvalue weighted by atomic mass is 35.5. The Labute approximate surface area is 90.5 Å². The summed E-state index contributed by atoms with van der Waals surface area (Å²) in [6.45, 7) is 3.37. The molecular formula is C10H12BClN2. The molecule has 1 fully saturated rings. The van der Waals surface area contributed by atoms with Gasteiger partial charge in [0.1, 0.15) is 0 Å². The lowest BCUT2D eigenvalue weighted by molar-refractivity contribution is 0.163. The van der Waals surface area contributed by atoms with E-state index in [0.717, 1.165) is 16.1 Å². The van der Waals surface area contributed by atoms with E-state index in [-0.39, 0.29) is 5.54 Å². The molecule has 0 atom stereocenters. The zero-order valence-corrected chi connectivity index (χ0v) is 8.88. The van der Waals surface area contributed by atoms with E-state index in [0.29, 0.717) is 13.1 Å². The second-order valence-electron chi connectivity index (χ2n) is 3.97. The summed E-state index contributed by atoms with van der Waals surface area (Å²) in [7, 11) is 5.60. The Bertz CT molecular complexity index is 361. The summed E-state index contributed by atoms with van der Waals surface area (Å²) in [6.07, 6.45) is 0. The standard InChI is InChI=1S/C10H12BClN2/c1-7-8(3-2-4-9(7)12)10(13)5-14(11)6-10/h2-4H,5-6,13H2,1H3. The number of hydrogen-bond donors (Lipinski definition) is 1. The van der Waals surface area contributed by atoms with Crippen molar-refractivity contribution in [3.05, 3.63) is 34.3 Å². The van der Waals surface area contributed by atoms with Crippen LogP contribution in [0.3, 0.4) is 0 Å². The van der Waals surface area contributed by atoms with Crippen LogP contribution in [0, 0.1) is 6.92 Å². The fourth-order valence-corrected chi connectivity index (χ4v) is 2.17. The highest BCUT2D eigenvalue weighted by Crippen LogP contribution is 2.32. The van der Waals surface area contributed by atoms with Crippen molar-refractivity contribution in [1.29, 1.82) is 0 Å². The van der Waals surface area contributed by atoms with Gasteiger partial charge in [-0.3, -0.25) is 0 Å². The molecule has 2 rings (SSSR count). The Morgan fingerprint density at radius 1 is 1.50 bits per heavy atom. The number of nitrogens with zero attached hydrogens (tertiary/aromatic N) is 1. The Morgan fingerprint density at radius 3 is 2.71 bits per heavy atom. The fourth-order valence-electron chi connectivity index (χ4n) is 2.00. The van der Waals surface area contributed by atoms with E-state index in [2.05, 4.69) is 0 Å². The predicted octanol–water partition coefficient (Wildman–Crippen LogP) is 1.20. The Balaban J connectivity index is 2.37. The quantitative estimate of drug-likeness (QED) is 0.700. The van der Waals surface area contributed by atoms with Gasteiger partial charge >= 0.3 is 0 Å². The molecule has 0 amide bonds. The van der Waals surface area contributed by atoms with Gasteiger partial charge in [0.05, 0.1) is 5.54 Å². The summed E-state index contributed by atoms with van der Waals surface area (Å²) in [6, 6.07) is 5.83.